The number of aliphatic carboxylic acids is 1. The van der Waals surface area contributed by atoms with Crippen molar-refractivity contribution in [2.24, 2.45) is 5.18 Å². The Morgan fingerprint density at radius 2 is 2.13 bits per heavy atom. The first kappa shape index (κ1) is 22.6. The number of esters is 1. The van der Waals surface area contributed by atoms with Gasteiger partial charge in [-0.1, -0.05) is 22.8 Å². The Kier molecular flexibility index (Phi) is 6.51. The summed E-state index contributed by atoms with van der Waals surface area (Å²) >= 11 is 6.98. The number of phenolic OH excluding ortho intramolecular Hbond substituents is 1. The van der Waals surface area contributed by atoms with Crippen LogP contribution in [0.1, 0.15) is 18.5 Å². The molecule has 13 heteroatoms. The molecule has 3 rings (SSSR count). The minimum absolute atomic E-state index is 0.0794. The van der Waals surface area contributed by atoms with Crippen LogP contribution in [0.25, 0.3) is 0 Å². The van der Waals surface area contributed by atoms with E-state index in [9.17, 15) is 34.3 Å². The Balaban J connectivity index is 1.76. The molecule has 0 bridgehead atoms. The summed E-state index contributed by atoms with van der Waals surface area (Å²) in [6.07, 6.45) is 0. The molecule has 31 heavy (non-hydrogen) atoms. The molecule has 1 aromatic rings. The third kappa shape index (κ3) is 4.35. The van der Waals surface area contributed by atoms with Gasteiger partial charge in [-0.2, -0.15) is 0 Å². The number of ether oxygens (including phenoxy) is 1. The molecule has 2 aliphatic rings. The molecule has 2 heterocycles. The van der Waals surface area contributed by atoms with Gasteiger partial charge >= 0.3 is 11.9 Å². The van der Waals surface area contributed by atoms with Crippen molar-refractivity contribution in [2.75, 3.05) is 12.4 Å². The number of β-lactam (4-membered cyclic amide) rings is 1. The molecule has 3 N–H and O–H groups in total. The lowest BCUT2D eigenvalue weighted by Crippen LogP contribution is -2.70. The number of halogens is 1. The molecule has 0 aliphatic carbocycles. The van der Waals surface area contributed by atoms with E-state index >= 15 is 0 Å². The smallest absolute Gasteiger partial charge is 0.352 e. The minimum atomic E-state index is -1.53. The van der Waals surface area contributed by atoms with Crippen molar-refractivity contribution in [1.82, 2.24) is 10.2 Å². The zero-order valence-corrected chi connectivity index (χ0v) is 17.5. The van der Waals surface area contributed by atoms with E-state index in [4.69, 9.17) is 16.3 Å². The van der Waals surface area contributed by atoms with Crippen LogP contribution in [0, 0.1) is 4.91 Å². The third-order valence-electron chi connectivity index (χ3n) is 4.64. The van der Waals surface area contributed by atoms with Gasteiger partial charge in [0.05, 0.1) is 5.02 Å². The fourth-order valence-electron chi connectivity index (χ4n) is 3.17. The summed E-state index contributed by atoms with van der Waals surface area (Å²) in [6, 6.07) is 1.11. The molecule has 11 nitrogen and oxygen atoms in total. The number of carbonyl (C=O) groups excluding carboxylic acids is 3. The van der Waals surface area contributed by atoms with Crippen LogP contribution in [0.15, 0.2) is 34.6 Å². The first-order valence-corrected chi connectivity index (χ1v) is 10.2. The van der Waals surface area contributed by atoms with Crippen molar-refractivity contribution in [3.05, 3.63) is 45.0 Å². The zero-order valence-electron chi connectivity index (χ0n) is 15.9. The molecule has 1 fully saturated rings. The molecule has 2 amide bonds. The molecule has 0 spiro atoms. The zero-order chi connectivity index (χ0) is 22.9. The highest BCUT2D eigenvalue weighted by Gasteiger charge is 2.54. The number of nitroso groups, excluding NO2 is 1. The molecule has 0 saturated carbocycles. The first-order chi connectivity index (χ1) is 14.6. The number of carboxylic acid groups (broad SMARTS) is 1. The SMILES string of the molecule is CC(=O)OCC1=C(C(=O)O)N2C(=O)[C@@H](NC(=O)C(N=O)c3ccc(O)c(Cl)c3)[C@H]2SC1. The highest BCUT2D eigenvalue weighted by Crippen LogP contribution is 2.40. The third-order valence-corrected chi connectivity index (χ3v) is 6.28. The van der Waals surface area contributed by atoms with Gasteiger partial charge in [0.15, 0.2) is 6.04 Å². The van der Waals surface area contributed by atoms with Gasteiger partial charge in [-0.3, -0.25) is 19.3 Å². The van der Waals surface area contributed by atoms with E-state index in [0.717, 1.165) is 4.90 Å². The number of hydrogen-bond donors (Lipinski definition) is 3. The number of nitrogens with one attached hydrogen (secondary N) is 1. The van der Waals surface area contributed by atoms with Crippen molar-refractivity contribution in [3.63, 3.8) is 0 Å². The molecule has 3 atom stereocenters. The fraction of sp³-hybridized carbons (Fsp3) is 0.333. The number of phenols is 1. The van der Waals surface area contributed by atoms with E-state index in [2.05, 4.69) is 10.5 Å². The monoisotopic (exact) mass is 469 g/mol. The summed E-state index contributed by atoms with van der Waals surface area (Å²) in [5, 5.41) is 23.4. The number of rotatable bonds is 7. The Bertz CT molecular complexity index is 1010. The number of thioether (sulfide) groups is 1. The maximum Gasteiger partial charge on any atom is 0.352 e. The molecule has 1 unspecified atom stereocenters. The van der Waals surface area contributed by atoms with Crippen LogP contribution < -0.4 is 5.32 Å². The van der Waals surface area contributed by atoms with Gasteiger partial charge in [-0.25, -0.2) is 4.79 Å². The number of hydrogen-bond acceptors (Lipinski definition) is 9. The number of nitrogens with zero attached hydrogens (tertiary/aromatic N) is 2. The lowest BCUT2D eigenvalue weighted by Gasteiger charge is -2.49. The first-order valence-electron chi connectivity index (χ1n) is 8.80. The number of aromatic hydroxyl groups is 1. The van der Waals surface area contributed by atoms with Crippen molar-refractivity contribution >= 4 is 47.1 Å². The molecule has 0 radical (unpaired) electrons. The van der Waals surface area contributed by atoms with Gasteiger partial charge < -0.3 is 20.3 Å². The predicted octanol–water partition coefficient (Wildman–Crippen LogP) is 1.15. The molecule has 164 valence electrons. The van der Waals surface area contributed by atoms with Gasteiger partial charge in [0, 0.05) is 18.2 Å². The number of benzene rings is 1. The fourth-order valence-corrected chi connectivity index (χ4v) is 4.68. The largest absolute Gasteiger partial charge is 0.506 e. The van der Waals surface area contributed by atoms with Crippen LogP contribution in [-0.2, 0) is 23.9 Å². The second kappa shape index (κ2) is 8.94. The van der Waals surface area contributed by atoms with E-state index in [1.165, 1.54) is 36.9 Å². The Hall–Kier alpha value is -3.12. The summed E-state index contributed by atoms with van der Waals surface area (Å²) in [4.78, 5) is 60.2. The van der Waals surface area contributed by atoms with Crippen molar-refractivity contribution in [3.8, 4) is 5.75 Å². The Morgan fingerprint density at radius 3 is 2.71 bits per heavy atom. The van der Waals surface area contributed by atoms with Crippen LogP contribution in [0.3, 0.4) is 0 Å². The van der Waals surface area contributed by atoms with E-state index < -0.39 is 41.2 Å². The maximum atomic E-state index is 12.6. The molecular formula is C18H16ClN3O8S. The highest BCUT2D eigenvalue weighted by atomic mass is 35.5. The van der Waals surface area contributed by atoms with Gasteiger partial charge in [-0.15, -0.1) is 16.7 Å². The second-order valence-electron chi connectivity index (χ2n) is 6.65. The average molecular weight is 470 g/mol. The molecular weight excluding hydrogens is 454 g/mol. The molecule has 0 aromatic heterocycles. The Labute approximate surface area is 184 Å². The van der Waals surface area contributed by atoms with Crippen molar-refractivity contribution < 1.29 is 34.1 Å². The lowest BCUT2D eigenvalue weighted by molar-refractivity contribution is -0.151. The minimum Gasteiger partial charge on any atom is -0.506 e. The van der Waals surface area contributed by atoms with Gasteiger partial charge in [0.25, 0.3) is 11.8 Å². The van der Waals surface area contributed by atoms with E-state index in [0.29, 0.717) is 0 Å². The molecule has 2 aliphatic heterocycles. The van der Waals surface area contributed by atoms with Crippen LogP contribution in [-0.4, -0.2) is 62.6 Å². The van der Waals surface area contributed by atoms with E-state index in [1.807, 2.05) is 0 Å². The number of carbonyl (C=O) groups is 4. The standard InChI is InChI=1S/C18H16ClN3O8S/c1-7(23)30-5-9-6-31-17-13(16(26)22(17)14(9)18(27)28)20-15(25)12(21-29)8-2-3-11(24)10(19)4-8/h2-4,12-13,17,24H,5-6H2,1H3,(H,20,25)(H,27,28)/t12?,13-,17-/m1/s1. The van der Waals surface area contributed by atoms with E-state index in [1.54, 1.807) is 0 Å². The second-order valence-corrected chi connectivity index (χ2v) is 8.16. The van der Waals surface area contributed by atoms with E-state index in [-0.39, 0.29) is 40.0 Å². The summed E-state index contributed by atoms with van der Waals surface area (Å²) in [6.45, 7) is 0.912. The topological polar surface area (TPSA) is 163 Å². The highest BCUT2D eigenvalue weighted by molar-refractivity contribution is 8.00. The van der Waals surface area contributed by atoms with Gasteiger partial charge in [-0.05, 0) is 17.7 Å². The molecule has 1 aromatic carbocycles. The van der Waals surface area contributed by atoms with Gasteiger partial charge in [0.1, 0.15) is 29.5 Å². The summed E-state index contributed by atoms with van der Waals surface area (Å²) in [5.74, 6) is -3.59. The van der Waals surface area contributed by atoms with Crippen LogP contribution in [0.4, 0.5) is 0 Å². The van der Waals surface area contributed by atoms with Gasteiger partial charge in [0.2, 0.25) is 0 Å². The summed E-state index contributed by atoms with van der Waals surface area (Å²) in [5.41, 5.74) is 0.0779. The van der Waals surface area contributed by atoms with Crippen molar-refractivity contribution in [2.45, 2.75) is 24.4 Å². The number of fused-ring (bicyclic) bond motifs is 1. The number of amides is 2. The Morgan fingerprint density at radius 1 is 1.42 bits per heavy atom. The summed E-state index contributed by atoms with van der Waals surface area (Å²) in [7, 11) is 0. The van der Waals surface area contributed by atoms with Crippen molar-refractivity contribution in [1.29, 1.82) is 0 Å². The number of carboxylic acids is 1. The molecule has 1 saturated heterocycles. The lowest BCUT2D eigenvalue weighted by atomic mass is 10.0. The summed E-state index contributed by atoms with van der Waals surface area (Å²) < 4.78 is 4.85. The maximum absolute atomic E-state index is 12.6. The van der Waals surface area contributed by atoms with Crippen LogP contribution >= 0.6 is 23.4 Å². The predicted molar refractivity (Wildman–Crippen MR) is 108 cm³/mol. The normalized spacial score (nSPS) is 21.0. The van der Waals surface area contributed by atoms with Crippen LogP contribution in [0.2, 0.25) is 5.02 Å². The quantitative estimate of drug-likeness (QED) is 0.302. The average Bonchev–Trinajstić information content (AvgIpc) is 2.72. The van der Waals surface area contributed by atoms with Crippen LogP contribution in [0.5, 0.6) is 5.75 Å².